The summed E-state index contributed by atoms with van der Waals surface area (Å²) in [6, 6.07) is 16.3. The largest absolute Gasteiger partial charge is 0.317 e. The van der Waals surface area contributed by atoms with Crippen LogP contribution in [-0.4, -0.2) is 17.5 Å². The summed E-state index contributed by atoms with van der Waals surface area (Å²) < 4.78 is 0.966. The number of hydrogen-bond acceptors (Lipinski definition) is 3. The van der Waals surface area contributed by atoms with Crippen LogP contribution in [0.1, 0.15) is 36.7 Å². The zero-order chi connectivity index (χ0) is 19.1. The molecule has 0 saturated heterocycles. The van der Waals surface area contributed by atoms with Crippen molar-refractivity contribution < 1.29 is 9.59 Å². The van der Waals surface area contributed by atoms with Gasteiger partial charge in [0.1, 0.15) is 5.70 Å². The van der Waals surface area contributed by atoms with Gasteiger partial charge in [0, 0.05) is 10.0 Å². The normalized spacial score (nSPS) is 10.8. The number of benzene rings is 2. The lowest BCUT2D eigenvalue weighted by molar-refractivity contribution is -0.117. The van der Waals surface area contributed by atoms with E-state index in [0.717, 1.165) is 10.0 Å². The van der Waals surface area contributed by atoms with E-state index in [-0.39, 0.29) is 11.6 Å². The minimum absolute atomic E-state index is 0.186. The van der Waals surface area contributed by atoms with Gasteiger partial charge in [-0.2, -0.15) is 5.10 Å². The summed E-state index contributed by atoms with van der Waals surface area (Å²) >= 11 is 3.38. The molecule has 2 rings (SSSR count). The van der Waals surface area contributed by atoms with Crippen molar-refractivity contribution in [3.05, 3.63) is 81.5 Å². The molecule has 5 nitrogen and oxygen atoms in total. The molecule has 2 aromatic rings. The van der Waals surface area contributed by atoms with E-state index in [1.807, 2.05) is 30.3 Å². The Bertz CT molecular complexity index is 852. The Morgan fingerprint density at radius 1 is 0.885 bits per heavy atom. The summed E-state index contributed by atoms with van der Waals surface area (Å²) in [5, 5.41) is 6.78. The zero-order valence-electron chi connectivity index (χ0n) is 14.8. The van der Waals surface area contributed by atoms with Crippen molar-refractivity contribution >= 4 is 33.5 Å². The van der Waals surface area contributed by atoms with Gasteiger partial charge in [-0.3, -0.25) is 9.59 Å². The van der Waals surface area contributed by atoms with E-state index in [2.05, 4.69) is 31.8 Å². The average molecular weight is 414 g/mol. The molecule has 0 unspecified atom stereocenters. The third-order valence-corrected chi connectivity index (χ3v) is 4.12. The summed E-state index contributed by atoms with van der Waals surface area (Å²) in [5.41, 5.74) is 5.40. The SMILES string of the molecule is CC(=NNC(=O)C(NC(=O)c1ccccc1)=C(C)C)c1ccc(Br)cc1. The van der Waals surface area contributed by atoms with Gasteiger partial charge in [-0.25, -0.2) is 5.43 Å². The maximum absolute atomic E-state index is 12.4. The summed E-state index contributed by atoms with van der Waals surface area (Å²) in [7, 11) is 0. The van der Waals surface area contributed by atoms with E-state index in [0.29, 0.717) is 16.8 Å². The lowest BCUT2D eigenvalue weighted by atomic mass is 10.1. The van der Waals surface area contributed by atoms with Crippen LogP contribution in [0.2, 0.25) is 0 Å². The highest BCUT2D eigenvalue weighted by Gasteiger charge is 2.15. The molecule has 0 radical (unpaired) electrons. The van der Waals surface area contributed by atoms with Crippen molar-refractivity contribution in [1.29, 1.82) is 0 Å². The van der Waals surface area contributed by atoms with Crippen LogP contribution in [0.4, 0.5) is 0 Å². The lowest BCUT2D eigenvalue weighted by Gasteiger charge is -2.11. The fourth-order valence-electron chi connectivity index (χ4n) is 2.13. The Morgan fingerprint density at radius 3 is 2.08 bits per heavy atom. The second-order valence-electron chi connectivity index (χ2n) is 5.84. The number of halogens is 1. The predicted octanol–water partition coefficient (Wildman–Crippen LogP) is 4.01. The van der Waals surface area contributed by atoms with Crippen LogP contribution in [0, 0.1) is 0 Å². The minimum Gasteiger partial charge on any atom is -0.317 e. The van der Waals surface area contributed by atoms with E-state index < -0.39 is 5.91 Å². The molecule has 0 saturated carbocycles. The molecule has 2 aromatic carbocycles. The number of nitrogens with zero attached hydrogens (tertiary/aromatic N) is 1. The summed E-state index contributed by atoms with van der Waals surface area (Å²) in [6.45, 7) is 5.31. The van der Waals surface area contributed by atoms with Crippen LogP contribution in [-0.2, 0) is 4.79 Å². The summed E-state index contributed by atoms with van der Waals surface area (Å²) in [5.74, 6) is -0.809. The Morgan fingerprint density at radius 2 is 1.50 bits per heavy atom. The van der Waals surface area contributed by atoms with Gasteiger partial charge in [0.15, 0.2) is 0 Å². The van der Waals surface area contributed by atoms with Crippen molar-refractivity contribution in [2.24, 2.45) is 5.10 Å². The third kappa shape index (κ3) is 5.39. The zero-order valence-corrected chi connectivity index (χ0v) is 16.4. The second kappa shape index (κ2) is 9.10. The monoisotopic (exact) mass is 413 g/mol. The lowest BCUT2D eigenvalue weighted by Crippen LogP contribution is -2.34. The van der Waals surface area contributed by atoms with Gasteiger partial charge >= 0.3 is 0 Å². The first-order valence-corrected chi connectivity index (χ1v) is 8.82. The number of rotatable bonds is 5. The molecule has 6 heteroatoms. The smallest absolute Gasteiger partial charge is 0.287 e. The molecule has 0 atom stereocenters. The van der Waals surface area contributed by atoms with Gasteiger partial charge in [0.05, 0.1) is 5.71 Å². The Hall–Kier alpha value is -2.73. The number of nitrogens with one attached hydrogen (secondary N) is 2. The fraction of sp³-hybridized carbons (Fsp3) is 0.150. The molecule has 0 aromatic heterocycles. The first-order valence-electron chi connectivity index (χ1n) is 8.03. The minimum atomic E-state index is -0.467. The highest BCUT2D eigenvalue weighted by molar-refractivity contribution is 9.10. The molecular weight excluding hydrogens is 394 g/mol. The van der Waals surface area contributed by atoms with Crippen molar-refractivity contribution in [1.82, 2.24) is 10.7 Å². The van der Waals surface area contributed by atoms with Gasteiger partial charge in [-0.15, -0.1) is 0 Å². The number of hydrogen-bond donors (Lipinski definition) is 2. The predicted molar refractivity (Wildman–Crippen MR) is 107 cm³/mol. The van der Waals surface area contributed by atoms with E-state index in [1.54, 1.807) is 45.0 Å². The molecule has 0 aliphatic heterocycles. The number of amides is 2. The molecule has 0 fully saturated rings. The van der Waals surface area contributed by atoms with Crippen LogP contribution < -0.4 is 10.7 Å². The number of carbonyl (C=O) groups is 2. The highest BCUT2D eigenvalue weighted by Crippen LogP contribution is 2.11. The molecule has 2 N–H and O–H groups in total. The molecule has 0 bridgehead atoms. The number of allylic oxidation sites excluding steroid dienone is 1. The first-order chi connectivity index (χ1) is 12.4. The van der Waals surface area contributed by atoms with Gasteiger partial charge in [0.2, 0.25) is 0 Å². The van der Waals surface area contributed by atoms with Crippen LogP contribution in [0.25, 0.3) is 0 Å². The average Bonchev–Trinajstić information content (AvgIpc) is 2.64. The Balaban J connectivity index is 2.09. The maximum Gasteiger partial charge on any atom is 0.287 e. The highest BCUT2D eigenvalue weighted by atomic mass is 79.9. The second-order valence-corrected chi connectivity index (χ2v) is 6.76. The number of carbonyl (C=O) groups excluding carboxylic acids is 2. The van der Waals surface area contributed by atoms with Crippen molar-refractivity contribution in [3.63, 3.8) is 0 Å². The standard InChI is InChI=1S/C20H20BrN3O2/c1-13(2)18(22-19(25)16-7-5-4-6-8-16)20(26)24-23-14(3)15-9-11-17(21)12-10-15/h4-12H,1-3H3,(H,22,25)(H,24,26). The van der Waals surface area contributed by atoms with Gasteiger partial charge in [-0.05, 0) is 56.2 Å². The van der Waals surface area contributed by atoms with Crippen molar-refractivity contribution in [2.45, 2.75) is 20.8 Å². The van der Waals surface area contributed by atoms with E-state index in [4.69, 9.17) is 0 Å². The molecule has 0 spiro atoms. The first kappa shape index (κ1) is 19.6. The van der Waals surface area contributed by atoms with E-state index in [9.17, 15) is 9.59 Å². The maximum atomic E-state index is 12.4. The molecule has 0 heterocycles. The van der Waals surface area contributed by atoms with Gasteiger partial charge < -0.3 is 5.32 Å². The molecule has 26 heavy (non-hydrogen) atoms. The molecule has 2 amide bonds. The number of hydrazone groups is 1. The third-order valence-electron chi connectivity index (χ3n) is 3.59. The molecule has 0 aliphatic rings. The van der Waals surface area contributed by atoms with Crippen LogP contribution >= 0.6 is 15.9 Å². The Labute approximate surface area is 161 Å². The van der Waals surface area contributed by atoms with Gasteiger partial charge in [-0.1, -0.05) is 46.3 Å². The van der Waals surface area contributed by atoms with E-state index in [1.165, 1.54) is 0 Å². The Kier molecular flexibility index (Phi) is 6.86. The van der Waals surface area contributed by atoms with Gasteiger partial charge in [0.25, 0.3) is 11.8 Å². The van der Waals surface area contributed by atoms with Crippen molar-refractivity contribution in [2.75, 3.05) is 0 Å². The molecule has 0 aliphatic carbocycles. The summed E-state index contributed by atoms with van der Waals surface area (Å²) in [6.07, 6.45) is 0. The van der Waals surface area contributed by atoms with E-state index >= 15 is 0 Å². The van der Waals surface area contributed by atoms with Crippen LogP contribution in [0.3, 0.4) is 0 Å². The molecule has 134 valence electrons. The quantitative estimate of drug-likeness (QED) is 0.441. The topological polar surface area (TPSA) is 70.6 Å². The molecular formula is C20H20BrN3O2. The fourth-order valence-corrected chi connectivity index (χ4v) is 2.39. The summed E-state index contributed by atoms with van der Waals surface area (Å²) in [4.78, 5) is 24.7. The van der Waals surface area contributed by atoms with Crippen molar-refractivity contribution in [3.8, 4) is 0 Å². The van der Waals surface area contributed by atoms with Crippen LogP contribution in [0.5, 0.6) is 0 Å². The van der Waals surface area contributed by atoms with Crippen LogP contribution in [0.15, 0.2) is 75.4 Å².